The van der Waals surface area contributed by atoms with Crippen LogP contribution in [0.15, 0.2) is 0 Å². The third-order valence-corrected chi connectivity index (χ3v) is 5.39. The van der Waals surface area contributed by atoms with E-state index < -0.39 is 34.0 Å². The Labute approximate surface area is 133 Å². The Morgan fingerprint density at radius 2 is 1.96 bits per heavy atom. The average molecular weight is 349 g/mol. The van der Waals surface area contributed by atoms with Crippen LogP contribution in [0.5, 0.6) is 0 Å². The molecule has 0 radical (unpaired) electrons. The van der Waals surface area contributed by atoms with E-state index in [-0.39, 0.29) is 18.9 Å². The van der Waals surface area contributed by atoms with E-state index in [1.807, 2.05) is 0 Å². The topological polar surface area (TPSA) is 136 Å². The molecule has 2 atom stereocenters. The predicted molar refractivity (Wildman–Crippen MR) is 75.6 cm³/mol. The molecule has 0 aromatic rings. The maximum atomic E-state index is 12.5. The molecule has 0 aliphatic carbocycles. The van der Waals surface area contributed by atoms with E-state index in [1.165, 1.54) is 4.90 Å². The van der Waals surface area contributed by atoms with Gasteiger partial charge in [0.25, 0.3) is 0 Å². The van der Waals surface area contributed by atoms with Gasteiger partial charge in [0.05, 0.1) is 6.04 Å². The normalized spacial score (nSPS) is 32.4. The summed E-state index contributed by atoms with van der Waals surface area (Å²) in [6, 6.07) is -1.41. The van der Waals surface area contributed by atoms with Crippen LogP contribution in [0.4, 0.5) is 4.79 Å². The van der Waals surface area contributed by atoms with Gasteiger partial charge in [-0.25, -0.2) is 9.59 Å². The van der Waals surface area contributed by atoms with Crippen molar-refractivity contribution in [2.45, 2.75) is 37.3 Å². The summed E-state index contributed by atoms with van der Waals surface area (Å²) in [6.07, 6.45) is 1.78. The lowest BCUT2D eigenvalue weighted by molar-refractivity contribution is -0.156. The molecule has 3 aliphatic rings. The number of carboxylic acid groups (broad SMARTS) is 1. The SMILES string of the molecule is O=C1N(OS(=O)(=O)O)[C@@H]2CC[C@@](C(=O)O)(C3CCNCC3)N1C2. The average Bonchev–Trinajstić information content (AvgIpc) is 2.73. The molecule has 23 heavy (non-hydrogen) atoms. The first-order valence-electron chi connectivity index (χ1n) is 7.47. The van der Waals surface area contributed by atoms with Crippen LogP contribution in [0, 0.1) is 5.92 Å². The summed E-state index contributed by atoms with van der Waals surface area (Å²) >= 11 is 0. The van der Waals surface area contributed by atoms with Crippen molar-refractivity contribution in [3.8, 4) is 0 Å². The number of aliphatic carboxylic acids is 1. The number of carboxylic acids is 1. The number of piperidine rings is 2. The first-order valence-corrected chi connectivity index (χ1v) is 8.84. The van der Waals surface area contributed by atoms with Crippen molar-refractivity contribution in [3.05, 3.63) is 0 Å². The van der Waals surface area contributed by atoms with E-state index in [1.54, 1.807) is 0 Å². The number of hydroxylamine groups is 2. The Morgan fingerprint density at radius 1 is 1.30 bits per heavy atom. The summed E-state index contributed by atoms with van der Waals surface area (Å²) < 4.78 is 35.0. The van der Waals surface area contributed by atoms with Crippen LogP contribution in [-0.4, -0.2) is 71.3 Å². The first kappa shape index (κ1) is 16.4. The number of nitrogens with one attached hydrogen (secondary N) is 1. The van der Waals surface area contributed by atoms with E-state index in [0.29, 0.717) is 37.4 Å². The van der Waals surface area contributed by atoms with Gasteiger partial charge in [-0.2, -0.15) is 13.5 Å². The number of hydrogen-bond donors (Lipinski definition) is 3. The lowest BCUT2D eigenvalue weighted by atomic mass is 9.72. The Hall–Kier alpha value is -1.43. The van der Waals surface area contributed by atoms with Gasteiger partial charge in [-0.15, -0.1) is 4.28 Å². The highest BCUT2D eigenvalue weighted by Gasteiger charge is 2.61. The number of carbonyl (C=O) groups is 2. The molecule has 0 unspecified atom stereocenters. The molecule has 0 saturated carbocycles. The highest BCUT2D eigenvalue weighted by atomic mass is 32.3. The molecule has 3 saturated heterocycles. The highest BCUT2D eigenvalue weighted by Crippen LogP contribution is 2.44. The Balaban J connectivity index is 1.92. The van der Waals surface area contributed by atoms with Crippen molar-refractivity contribution in [2.24, 2.45) is 5.92 Å². The van der Waals surface area contributed by atoms with Crippen LogP contribution < -0.4 is 5.32 Å². The number of hydrogen-bond acceptors (Lipinski definition) is 6. The van der Waals surface area contributed by atoms with Gasteiger partial charge >= 0.3 is 22.4 Å². The van der Waals surface area contributed by atoms with E-state index in [4.69, 9.17) is 4.55 Å². The van der Waals surface area contributed by atoms with Crippen LogP contribution in [0.1, 0.15) is 25.7 Å². The third kappa shape index (κ3) is 2.67. The van der Waals surface area contributed by atoms with Crippen molar-refractivity contribution < 1.29 is 31.9 Å². The molecule has 3 aliphatic heterocycles. The summed E-state index contributed by atoms with van der Waals surface area (Å²) in [5, 5.41) is 13.6. The molecule has 0 aromatic carbocycles. The Bertz CT molecular complexity index is 618. The van der Waals surface area contributed by atoms with Crippen molar-refractivity contribution >= 4 is 22.4 Å². The lowest BCUT2D eigenvalue weighted by Crippen LogP contribution is -2.63. The van der Waals surface area contributed by atoms with Crippen LogP contribution in [0.2, 0.25) is 0 Å². The van der Waals surface area contributed by atoms with Crippen LogP contribution in [0.25, 0.3) is 0 Å². The Kier molecular flexibility index (Phi) is 3.99. The van der Waals surface area contributed by atoms with E-state index >= 15 is 0 Å². The molecule has 0 spiro atoms. The second kappa shape index (κ2) is 5.58. The zero-order valence-corrected chi connectivity index (χ0v) is 13.2. The van der Waals surface area contributed by atoms with Crippen LogP contribution in [-0.2, 0) is 19.5 Å². The molecule has 130 valence electrons. The zero-order valence-electron chi connectivity index (χ0n) is 12.3. The summed E-state index contributed by atoms with van der Waals surface area (Å²) in [5.41, 5.74) is -1.35. The number of fused-ring (bicyclic) bond motifs is 2. The molecule has 3 rings (SSSR count). The van der Waals surface area contributed by atoms with Gasteiger partial charge in [-0.1, -0.05) is 0 Å². The van der Waals surface area contributed by atoms with Crippen molar-refractivity contribution in [3.63, 3.8) is 0 Å². The molecule has 10 nitrogen and oxygen atoms in total. The summed E-state index contributed by atoms with van der Waals surface area (Å²) in [5.74, 6) is -1.29. The molecular weight excluding hydrogens is 330 g/mol. The second-order valence-corrected chi connectivity index (χ2v) is 7.17. The minimum absolute atomic E-state index is 0.0740. The predicted octanol–water partition coefficient (Wildman–Crippen LogP) is -0.556. The quantitative estimate of drug-likeness (QED) is 0.575. The number of rotatable bonds is 4. The van der Waals surface area contributed by atoms with Gasteiger partial charge in [0, 0.05) is 6.54 Å². The molecule has 2 bridgehead atoms. The van der Waals surface area contributed by atoms with Gasteiger partial charge in [0.15, 0.2) is 0 Å². The summed E-state index contributed by atoms with van der Waals surface area (Å²) in [7, 11) is -4.84. The standard InChI is InChI=1S/C12H19N3O7S/c16-10(17)12(8-2-5-13-6-3-8)4-1-9-7-14(12)11(18)15(9)22-23(19,20)21/h8-9,13H,1-7H2,(H,16,17)(H,19,20,21)/t9-,12+/m1/s1. The number of urea groups is 1. The number of carbonyl (C=O) groups excluding carboxylic acids is 1. The number of amides is 2. The van der Waals surface area contributed by atoms with Gasteiger partial charge in [-0.3, -0.25) is 4.55 Å². The molecule has 2 amide bonds. The largest absolute Gasteiger partial charge is 0.479 e. The van der Waals surface area contributed by atoms with Gasteiger partial charge < -0.3 is 15.3 Å². The smallest absolute Gasteiger partial charge is 0.418 e. The molecule has 11 heteroatoms. The van der Waals surface area contributed by atoms with E-state index in [2.05, 4.69) is 9.60 Å². The summed E-state index contributed by atoms with van der Waals surface area (Å²) in [4.78, 5) is 25.8. The third-order valence-electron chi connectivity index (χ3n) is 5.04. The maximum absolute atomic E-state index is 12.5. The first-order chi connectivity index (χ1) is 10.8. The van der Waals surface area contributed by atoms with E-state index in [9.17, 15) is 23.1 Å². The fraction of sp³-hybridized carbons (Fsp3) is 0.833. The molecule has 3 fully saturated rings. The maximum Gasteiger partial charge on any atom is 0.418 e. The fourth-order valence-corrected chi connectivity index (χ4v) is 4.41. The molecular formula is C12H19N3O7S. The van der Waals surface area contributed by atoms with Gasteiger partial charge in [0.2, 0.25) is 0 Å². The van der Waals surface area contributed by atoms with Crippen LogP contribution >= 0.6 is 0 Å². The molecule has 3 N–H and O–H groups in total. The van der Waals surface area contributed by atoms with E-state index in [0.717, 1.165) is 0 Å². The Morgan fingerprint density at radius 3 is 2.52 bits per heavy atom. The number of nitrogens with zero attached hydrogens (tertiary/aromatic N) is 2. The van der Waals surface area contributed by atoms with Crippen molar-refractivity contribution in [2.75, 3.05) is 19.6 Å². The molecule has 3 heterocycles. The zero-order chi connectivity index (χ0) is 16.8. The van der Waals surface area contributed by atoms with Crippen LogP contribution in [0.3, 0.4) is 0 Å². The van der Waals surface area contributed by atoms with Crippen molar-refractivity contribution in [1.29, 1.82) is 0 Å². The summed E-state index contributed by atoms with van der Waals surface area (Å²) in [6.45, 7) is 1.43. The second-order valence-electron chi connectivity index (χ2n) is 6.17. The molecule has 0 aromatic heterocycles. The van der Waals surface area contributed by atoms with Crippen molar-refractivity contribution in [1.82, 2.24) is 15.3 Å². The van der Waals surface area contributed by atoms with Gasteiger partial charge in [-0.05, 0) is 44.7 Å². The van der Waals surface area contributed by atoms with Gasteiger partial charge in [0.1, 0.15) is 5.54 Å². The fourth-order valence-electron chi connectivity index (χ4n) is 4.02. The highest BCUT2D eigenvalue weighted by molar-refractivity contribution is 7.80. The monoisotopic (exact) mass is 349 g/mol. The minimum Gasteiger partial charge on any atom is -0.479 e. The minimum atomic E-state index is -4.84. The lowest BCUT2D eigenvalue weighted by Gasteiger charge is -2.46.